The summed E-state index contributed by atoms with van der Waals surface area (Å²) in [6.45, 7) is 0. The van der Waals surface area contributed by atoms with E-state index in [1.165, 1.54) is 19.2 Å². The number of benzene rings is 2. The lowest BCUT2D eigenvalue weighted by atomic mass is 10.2. The van der Waals surface area contributed by atoms with Gasteiger partial charge in [0.25, 0.3) is 0 Å². The highest BCUT2D eigenvalue weighted by Crippen LogP contribution is 2.23. The van der Waals surface area contributed by atoms with E-state index >= 15 is 0 Å². The lowest BCUT2D eigenvalue weighted by Gasteiger charge is -2.08. The summed E-state index contributed by atoms with van der Waals surface area (Å²) in [7, 11) is 1.30. The van der Waals surface area contributed by atoms with Crippen molar-refractivity contribution in [3.05, 3.63) is 53.3 Å². The van der Waals surface area contributed by atoms with Crippen LogP contribution < -0.4 is 10.6 Å². The molecule has 4 nitrogen and oxygen atoms in total. The number of anilines is 3. The van der Waals surface area contributed by atoms with Gasteiger partial charge in [0.1, 0.15) is 5.82 Å². The molecular weight excluding hydrogens is 283 g/mol. The summed E-state index contributed by atoms with van der Waals surface area (Å²) in [6, 6.07) is 11.3. The number of hydrogen-bond donors (Lipinski definition) is 2. The number of rotatable bonds is 3. The average Bonchev–Trinajstić information content (AvgIpc) is 2.45. The van der Waals surface area contributed by atoms with Crippen molar-refractivity contribution in [1.29, 1.82) is 0 Å². The number of hydrogen-bond acceptors (Lipinski definition) is 3. The van der Waals surface area contributed by atoms with Gasteiger partial charge in [-0.2, -0.15) is 0 Å². The fraction of sp³-hybridized carbons (Fsp3) is 0.0714. The first-order chi connectivity index (χ1) is 9.58. The number of methoxy groups -OCH3 is 1. The molecule has 0 radical (unpaired) electrons. The molecule has 0 saturated carbocycles. The molecule has 2 rings (SSSR count). The molecule has 0 saturated heterocycles. The molecule has 2 aromatic carbocycles. The molecule has 6 heteroatoms. The molecule has 0 fully saturated rings. The van der Waals surface area contributed by atoms with E-state index < -0.39 is 11.9 Å². The lowest BCUT2D eigenvalue weighted by molar-refractivity contribution is 0.187. The standard InChI is InChI=1S/C14H12ClFN2O2/c1-20-14(19)18-10-4-2-9(3-5-10)17-11-6-7-13(16)12(15)8-11/h2-8,17H,1H3,(H,18,19). The molecule has 0 bridgehead atoms. The average molecular weight is 295 g/mol. The van der Waals surface area contributed by atoms with Crippen molar-refractivity contribution in [2.24, 2.45) is 0 Å². The minimum Gasteiger partial charge on any atom is -0.453 e. The van der Waals surface area contributed by atoms with Crippen LogP contribution in [0.4, 0.5) is 26.2 Å². The molecule has 20 heavy (non-hydrogen) atoms. The summed E-state index contributed by atoms with van der Waals surface area (Å²) in [4.78, 5) is 11.0. The Bertz CT molecular complexity index is 617. The third kappa shape index (κ3) is 3.61. The summed E-state index contributed by atoms with van der Waals surface area (Å²) in [5.41, 5.74) is 2.06. The predicted octanol–water partition coefficient (Wildman–Crippen LogP) is 4.40. The first-order valence-electron chi connectivity index (χ1n) is 5.75. The third-order valence-corrected chi connectivity index (χ3v) is 2.81. The van der Waals surface area contributed by atoms with Crippen LogP contribution in [-0.4, -0.2) is 13.2 Å². The number of amides is 1. The maximum atomic E-state index is 13.0. The van der Waals surface area contributed by atoms with Crippen LogP contribution in [0.3, 0.4) is 0 Å². The van der Waals surface area contributed by atoms with Gasteiger partial charge in [-0.25, -0.2) is 9.18 Å². The molecule has 1 amide bonds. The molecule has 2 N–H and O–H groups in total. The van der Waals surface area contributed by atoms with Gasteiger partial charge in [0.05, 0.1) is 12.1 Å². The highest BCUT2D eigenvalue weighted by molar-refractivity contribution is 6.31. The molecule has 0 aromatic heterocycles. The monoisotopic (exact) mass is 294 g/mol. The highest BCUT2D eigenvalue weighted by Gasteiger charge is 2.03. The lowest BCUT2D eigenvalue weighted by Crippen LogP contribution is -2.10. The summed E-state index contributed by atoms with van der Waals surface area (Å²) in [6.07, 6.45) is -0.531. The molecule has 0 atom stereocenters. The Balaban J connectivity index is 2.06. The van der Waals surface area contributed by atoms with Crippen LogP contribution in [0.5, 0.6) is 0 Å². The zero-order valence-electron chi connectivity index (χ0n) is 10.6. The van der Waals surface area contributed by atoms with Gasteiger partial charge in [0.15, 0.2) is 0 Å². The molecule has 0 heterocycles. The van der Waals surface area contributed by atoms with Crippen LogP contribution in [-0.2, 0) is 4.74 Å². The Hall–Kier alpha value is -2.27. The maximum absolute atomic E-state index is 13.0. The topological polar surface area (TPSA) is 50.4 Å². The summed E-state index contributed by atoms with van der Waals surface area (Å²) < 4.78 is 17.5. The van der Waals surface area contributed by atoms with E-state index in [0.29, 0.717) is 11.4 Å². The molecule has 0 aliphatic heterocycles. The zero-order chi connectivity index (χ0) is 14.5. The van der Waals surface area contributed by atoms with Gasteiger partial charge in [-0.1, -0.05) is 11.6 Å². The summed E-state index contributed by atoms with van der Waals surface area (Å²) >= 11 is 5.70. The normalized spacial score (nSPS) is 9.95. The zero-order valence-corrected chi connectivity index (χ0v) is 11.4. The number of carbonyl (C=O) groups excluding carboxylic acids is 1. The van der Waals surface area contributed by atoms with Gasteiger partial charge >= 0.3 is 6.09 Å². The van der Waals surface area contributed by atoms with Crippen LogP contribution in [0, 0.1) is 5.82 Å². The SMILES string of the molecule is COC(=O)Nc1ccc(Nc2ccc(F)c(Cl)c2)cc1. The Morgan fingerprint density at radius 3 is 2.30 bits per heavy atom. The van der Waals surface area contributed by atoms with E-state index in [-0.39, 0.29) is 5.02 Å². The van der Waals surface area contributed by atoms with E-state index in [9.17, 15) is 9.18 Å². The Morgan fingerprint density at radius 2 is 1.70 bits per heavy atom. The fourth-order valence-corrected chi connectivity index (χ4v) is 1.73. The van der Waals surface area contributed by atoms with E-state index in [1.807, 2.05) is 0 Å². The molecule has 0 aliphatic carbocycles. The molecule has 104 valence electrons. The molecule has 0 unspecified atom stereocenters. The van der Waals surface area contributed by atoms with E-state index in [0.717, 1.165) is 5.69 Å². The highest BCUT2D eigenvalue weighted by atomic mass is 35.5. The molecular formula is C14H12ClFN2O2. The minimum atomic E-state index is -0.531. The maximum Gasteiger partial charge on any atom is 0.411 e. The summed E-state index contributed by atoms with van der Waals surface area (Å²) in [5, 5.41) is 5.67. The van der Waals surface area contributed by atoms with Gasteiger partial charge in [-0.3, -0.25) is 5.32 Å². The van der Waals surface area contributed by atoms with Crippen molar-refractivity contribution in [1.82, 2.24) is 0 Å². The van der Waals surface area contributed by atoms with Crippen molar-refractivity contribution in [2.75, 3.05) is 17.7 Å². The number of nitrogens with one attached hydrogen (secondary N) is 2. The van der Waals surface area contributed by atoms with E-state index in [4.69, 9.17) is 11.6 Å². The fourth-order valence-electron chi connectivity index (χ4n) is 1.55. The molecule has 0 aliphatic rings. The second-order valence-electron chi connectivity index (χ2n) is 3.95. The largest absolute Gasteiger partial charge is 0.453 e. The van der Waals surface area contributed by atoms with E-state index in [2.05, 4.69) is 15.4 Å². The van der Waals surface area contributed by atoms with Gasteiger partial charge in [-0.15, -0.1) is 0 Å². The Labute approximate surface area is 120 Å². The van der Waals surface area contributed by atoms with Crippen molar-refractivity contribution in [2.45, 2.75) is 0 Å². The first-order valence-corrected chi connectivity index (χ1v) is 6.13. The first kappa shape index (κ1) is 14.1. The van der Waals surface area contributed by atoms with Crippen LogP contribution in [0.15, 0.2) is 42.5 Å². The van der Waals surface area contributed by atoms with Crippen LogP contribution in [0.1, 0.15) is 0 Å². The van der Waals surface area contributed by atoms with Gasteiger partial charge < -0.3 is 10.1 Å². The Morgan fingerprint density at radius 1 is 1.10 bits per heavy atom. The van der Waals surface area contributed by atoms with Crippen LogP contribution in [0.2, 0.25) is 5.02 Å². The van der Waals surface area contributed by atoms with E-state index in [1.54, 1.807) is 30.3 Å². The quantitative estimate of drug-likeness (QED) is 0.882. The second-order valence-corrected chi connectivity index (χ2v) is 4.36. The van der Waals surface area contributed by atoms with Gasteiger partial charge in [0.2, 0.25) is 0 Å². The third-order valence-electron chi connectivity index (χ3n) is 2.52. The van der Waals surface area contributed by atoms with Crippen LogP contribution in [0.25, 0.3) is 0 Å². The number of halogens is 2. The van der Waals surface area contributed by atoms with Crippen molar-refractivity contribution < 1.29 is 13.9 Å². The number of ether oxygens (including phenoxy) is 1. The molecule has 2 aromatic rings. The molecule has 0 spiro atoms. The Kier molecular flexibility index (Phi) is 4.42. The second kappa shape index (κ2) is 6.25. The van der Waals surface area contributed by atoms with Crippen molar-refractivity contribution in [3.63, 3.8) is 0 Å². The van der Waals surface area contributed by atoms with Crippen molar-refractivity contribution in [3.8, 4) is 0 Å². The summed E-state index contributed by atoms with van der Waals surface area (Å²) in [5.74, 6) is -0.463. The number of carbonyl (C=O) groups is 1. The smallest absolute Gasteiger partial charge is 0.411 e. The van der Waals surface area contributed by atoms with Gasteiger partial charge in [-0.05, 0) is 42.5 Å². The minimum absolute atomic E-state index is 0.0546. The van der Waals surface area contributed by atoms with Crippen LogP contribution >= 0.6 is 11.6 Å². The predicted molar refractivity (Wildman–Crippen MR) is 77.2 cm³/mol. The van der Waals surface area contributed by atoms with Crippen molar-refractivity contribution >= 4 is 34.8 Å². The van der Waals surface area contributed by atoms with Gasteiger partial charge in [0, 0.05) is 17.1 Å².